The standard InChI is InChI=1S/C28H27F5N4O5/c1-14-7-23(39)35-15(2)24(14)22(38)13-36(12-16-8-18(29)10-19(30)9-16)26(40)21-11-34-37(25(21)28(31,32)33)20-5-3-17(4-6-20)27(41)42/h7-11,17,20H,3-6,12-13H2,1-2H3,(H,35,39)(H,41,42). The highest BCUT2D eigenvalue weighted by Gasteiger charge is 2.43. The molecule has 0 spiro atoms. The minimum absolute atomic E-state index is 0.0414. The number of ketones is 1. The highest BCUT2D eigenvalue weighted by atomic mass is 19.4. The van der Waals surface area contributed by atoms with Crippen LogP contribution < -0.4 is 5.56 Å². The lowest BCUT2D eigenvalue weighted by atomic mass is 9.86. The third kappa shape index (κ3) is 6.58. The van der Waals surface area contributed by atoms with Gasteiger partial charge in [0.2, 0.25) is 5.56 Å². The van der Waals surface area contributed by atoms with E-state index in [4.69, 9.17) is 0 Å². The normalized spacial score (nSPS) is 17.2. The van der Waals surface area contributed by atoms with Crippen LogP contribution in [0.25, 0.3) is 0 Å². The number of aryl methyl sites for hydroxylation is 2. The Morgan fingerprint density at radius 1 is 1.05 bits per heavy atom. The second-order valence-corrected chi connectivity index (χ2v) is 10.4. The quantitative estimate of drug-likeness (QED) is 0.285. The molecule has 1 saturated carbocycles. The average Bonchev–Trinajstić information content (AvgIpc) is 3.33. The summed E-state index contributed by atoms with van der Waals surface area (Å²) in [5, 5.41) is 13.1. The number of halogens is 5. The molecule has 0 unspecified atom stereocenters. The van der Waals surface area contributed by atoms with Crippen molar-refractivity contribution >= 4 is 17.7 Å². The molecule has 9 nitrogen and oxygen atoms in total. The second kappa shape index (κ2) is 11.9. The third-order valence-corrected chi connectivity index (χ3v) is 7.31. The van der Waals surface area contributed by atoms with Crippen LogP contribution >= 0.6 is 0 Å². The molecule has 14 heteroatoms. The van der Waals surface area contributed by atoms with Crippen molar-refractivity contribution in [3.63, 3.8) is 0 Å². The molecule has 3 aromatic rings. The number of hydrogen-bond acceptors (Lipinski definition) is 5. The molecule has 42 heavy (non-hydrogen) atoms. The first-order valence-electron chi connectivity index (χ1n) is 13.0. The fourth-order valence-electron chi connectivity index (χ4n) is 5.47. The molecule has 0 aliphatic heterocycles. The monoisotopic (exact) mass is 594 g/mol. The van der Waals surface area contributed by atoms with Gasteiger partial charge in [-0.05, 0) is 62.8 Å². The molecule has 1 fully saturated rings. The summed E-state index contributed by atoms with van der Waals surface area (Å²) in [5.74, 6) is -5.69. The number of carboxylic acids is 1. The van der Waals surface area contributed by atoms with Crippen LogP contribution in [0, 0.1) is 31.4 Å². The lowest BCUT2D eigenvalue weighted by Gasteiger charge is -2.28. The molecule has 2 N–H and O–H groups in total. The van der Waals surface area contributed by atoms with Crippen LogP contribution in [-0.2, 0) is 17.5 Å². The Labute approximate surface area is 236 Å². The number of nitrogens with one attached hydrogen (secondary N) is 1. The van der Waals surface area contributed by atoms with Gasteiger partial charge in [-0.25, -0.2) is 8.78 Å². The maximum Gasteiger partial charge on any atom is 0.433 e. The number of amides is 1. The van der Waals surface area contributed by atoms with E-state index in [1.165, 1.54) is 13.8 Å². The molecule has 1 aliphatic carbocycles. The first kappa shape index (κ1) is 30.6. The molecular formula is C28H27F5N4O5. The molecule has 224 valence electrons. The number of rotatable bonds is 8. The molecule has 1 aromatic carbocycles. The summed E-state index contributed by atoms with van der Waals surface area (Å²) in [6.07, 6.45) is -3.89. The van der Waals surface area contributed by atoms with Crippen LogP contribution in [0.4, 0.5) is 22.0 Å². The van der Waals surface area contributed by atoms with Crippen LogP contribution in [0.1, 0.15) is 75.0 Å². The molecule has 2 heterocycles. The van der Waals surface area contributed by atoms with E-state index in [-0.39, 0.29) is 48.1 Å². The van der Waals surface area contributed by atoms with Gasteiger partial charge in [0.05, 0.1) is 30.3 Å². The van der Waals surface area contributed by atoms with Gasteiger partial charge in [-0.2, -0.15) is 18.3 Å². The summed E-state index contributed by atoms with van der Waals surface area (Å²) in [6, 6.07) is 2.69. The van der Waals surface area contributed by atoms with Gasteiger partial charge in [0.1, 0.15) is 11.6 Å². The first-order valence-corrected chi connectivity index (χ1v) is 13.0. The van der Waals surface area contributed by atoms with Crippen molar-refractivity contribution in [3.8, 4) is 0 Å². The van der Waals surface area contributed by atoms with Gasteiger partial charge in [-0.15, -0.1) is 0 Å². The van der Waals surface area contributed by atoms with Crippen molar-refractivity contribution in [2.24, 2.45) is 5.92 Å². The summed E-state index contributed by atoms with van der Waals surface area (Å²) in [4.78, 5) is 53.3. The Morgan fingerprint density at radius 3 is 2.21 bits per heavy atom. The van der Waals surface area contributed by atoms with E-state index in [0.29, 0.717) is 10.7 Å². The summed E-state index contributed by atoms with van der Waals surface area (Å²) in [7, 11) is 0. The van der Waals surface area contributed by atoms with Crippen molar-refractivity contribution in [1.82, 2.24) is 19.7 Å². The number of Topliss-reactive ketones (excluding diaryl/α,β-unsaturated/α-hetero) is 1. The molecule has 1 aliphatic rings. The Bertz CT molecular complexity index is 1540. The number of carbonyl (C=O) groups is 3. The predicted molar refractivity (Wildman–Crippen MR) is 138 cm³/mol. The fourth-order valence-corrected chi connectivity index (χ4v) is 5.47. The van der Waals surface area contributed by atoms with Crippen molar-refractivity contribution in [1.29, 1.82) is 0 Å². The van der Waals surface area contributed by atoms with Gasteiger partial charge in [0.15, 0.2) is 11.5 Å². The number of alkyl halides is 3. The third-order valence-electron chi connectivity index (χ3n) is 7.31. The minimum Gasteiger partial charge on any atom is -0.481 e. The van der Waals surface area contributed by atoms with Crippen LogP contribution in [0.2, 0.25) is 0 Å². The zero-order valence-corrected chi connectivity index (χ0v) is 22.6. The highest BCUT2D eigenvalue weighted by molar-refractivity contribution is 6.03. The van der Waals surface area contributed by atoms with E-state index in [1.807, 2.05) is 0 Å². The van der Waals surface area contributed by atoms with Crippen LogP contribution in [0.3, 0.4) is 0 Å². The summed E-state index contributed by atoms with van der Waals surface area (Å²) in [6.45, 7) is 1.53. The minimum atomic E-state index is -5.06. The van der Waals surface area contributed by atoms with Crippen molar-refractivity contribution in [2.75, 3.05) is 6.54 Å². The van der Waals surface area contributed by atoms with E-state index in [2.05, 4.69) is 10.1 Å². The topological polar surface area (TPSA) is 125 Å². The Balaban J connectivity index is 1.74. The van der Waals surface area contributed by atoms with E-state index >= 15 is 0 Å². The van der Waals surface area contributed by atoms with Crippen molar-refractivity contribution < 1.29 is 41.4 Å². The Hall–Kier alpha value is -4.36. The molecule has 2 aromatic heterocycles. The largest absolute Gasteiger partial charge is 0.481 e. The van der Waals surface area contributed by atoms with Gasteiger partial charge < -0.3 is 15.0 Å². The number of nitrogens with zero attached hydrogens (tertiary/aromatic N) is 3. The first-order chi connectivity index (χ1) is 19.6. The van der Waals surface area contributed by atoms with Gasteiger partial charge in [-0.1, -0.05) is 0 Å². The number of hydrogen-bond donors (Lipinski definition) is 2. The molecule has 4 rings (SSSR count). The molecular weight excluding hydrogens is 567 g/mol. The van der Waals surface area contributed by atoms with E-state index in [0.717, 1.165) is 29.3 Å². The highest BCUT2D eigenvalue weighted by Crippen LogP contribution is 2.39. The van der Waals surface area contributed by atoms with Gasteiger partial charge in [0.25, 0.3) is 5.91 Å². The maximum absolute atomic E-state index is 14.4. The van der Waals surface area contributed by atoms with Crippen molar-refractivity contribution in [3.05, 3.63) is 86.1 Å². The zero-order chi connectivity index (χ0) is 30.9. The maximum atomic E-state index is 14.4. The number of H-pyrrole nitrogens is 1. The Morgan fingerprint density at radius 2 is 1.67 bits per heavy atom. The number of aromatic nitrogens is 3. The second-order valence-electron chi connectivity index (χ2n) is 10.4. The summed E-state index contributed by atoms with van der Waals surface area (Å²) >= 11 is 0. The van der Waals surface area contributed by atoms with Gasteiger partial charge >= 0.3 is 12.1 Å². The fraction of sp³-hybridized carbons (Fsp3) is 0.393. The SMILES string of the molecule is Cc1cc(=O)[nH]c(C)c1C(=O)CN(Cc1cc(F)cc(F)c1)C(=O)c1cnn(C2CCC(C(=O)O)CC2)c1C(F)(F)F. The molecule has 0 radical (unpaired) electrons. The number of aliphatic carboxylic acids is 1. The summed E-state index contributed by atoms with van der Waals surface area (Å²) < 4.78 is 71.8. The summed E-state index contributed by atoms with van der Waals surface area (Å²) in [5.41, 5.74) is -2.35. The molecule has 0 saturated heterocycles. The van der Waals surface area contributed by atoms with E-state index in [1.54, 1.807) is 0 Å². The number of benzene rings is 1. The molecule has 0 atom stereocenters. The van der Waals surface area contributed by atoms with Gasteiger partial charge in [-0.3, -0.25) is 23.9 Å². The number of carboxylic acid groups (broad SMARTS) is 1. The number of aromatic amines is 1. The van der Waals surface area contributed by atoms with Crippen molar-refractivity contribution in [2.45, 2.75) is 58.3 Å². The lowest BCUT2D eigenvalue weighted by molar-refractivity contribution is -0.147. The zero-order valence-electron chi connectivity index (χ0n) is 22.6. The number of pyridine rings is 1. The lowest BCUT2D eigenvalue weighted by Crippen LogP contribution is -2.37. The van der Waals surface area contributed by atoms with Crippen LogP contribution in [-0.4, -0.2) is 49.0 Å². The predicted octanol–water partition coefficient (Wildman–Crippen LogP) is 4.83. The smallest absolute Gasteiger partial charge is 0.433 e. The Kier molecular flexibility index (Phi) is 8.64. The molecule has 0 bridgehead atoms. The van der Waals surface area contributed by atoms with E-state index in [9.17, 15) is 46.2 Å². The molecule has 1 amide bonds. The number of carbonyl (C=O) groups excluding carboxylic acids is 2. The van der Waals surface area contributed by atoms with E-state index < -0.39 is 77.3 Å². The average molecular weight is 595 g/mol. The van der Waals surface area contributed by atoms with Crippen LogP contribution in [0.15, 0.2) is 35.3 Å². The van der Waals surface area contributed by atoms with Crippen LogP contribution in [0.5, 0.6) is 0 Å². The van der Waals surface area contributed by atoms with Gasteiger partial charge in [0, 0.05) is 29.9 Å².